The number of morpholine rings is 1. The van der Waals surface area contributed by atoms with Crippen LogP contribution in [0.3, 0.4) is 0 Å². The van der Waals surface area contributed by atoms with Crippen molar-refractivity contribution in [2.45, 2.75) is 19.9 Å². The Morgan fingerprint density at radius 3 is 2.65 bits per heavy atom. The number of hydrogen-bond acceptors (Lipinski definition) is 6. The Morgan fingerprint density at radius 2 is 1.84 bits per heavy atom. The topological polar surface area (TPSA) is 86.3 Å². The fraction of sp³-hybridized carbons (Fsp3) is 0.304. The number of aryl methyl sites for hydroxylation is 2. The van der Waals surface area contributed by atoms with Crippen LogP contribution in [0, 0.1) is 6.92 Å². The summed E-state index contributed by atoms with van der Waals surface area (Å²) < 4.78 is 12.8. The second kappa shape index (κ2) is 8.31. The number of nitrogens with zero attached hydrogens (tertiary/aromatic N) is 5. The van der Waals surface area contributed by atoms with Crippen molar-refractivity contribution in [3.05, 3.63) is 54.4 Å². The van der Waals surface area contributed by atoms with Gasteiger partial charge >= 0.3 is 0 Å². The van der Waals surface area contributed by atoms with E-state index >= 15 is 0 Å². The van der Waals surface area contributed by atoms with Gasteiger partial charge in [-0.15, -0.1) is 0 Å². The molecule has 3 heterocycles. The van der Waals surface area contributed by atoms with E-state index in [1.54, 1.807) is 6.33 Å². The van der Waals surface area contributed by atoms with Gasteiger partial charge in [-0.25, -0.2) is 4.98 Å². The molecule has 2 aromatic carbocycles. The summed E-state index contributed by atoms with van der Waals surface area (Å²) in [5.41, 5.74) is 4.71. The van der Waals surface area contributed by atoms with Gasteiger partial charge in [0.05, 0.1) is 30.6 Å². The monoisotopic (exact) mass is 417 g/mol. The minimum atomic E-state index is 0.150. The molecule has 4 aromatic rings. The van der Waals surface area contributed by atoms with Crippen molar-refractivity contribution in [1.82, 2.24) is 24.6 Å². The fourth-order valence-electron chi connectivity index (χ4n) is 3.72. The second-order valence-corrected chi connectivity index (χ2v) is 7.67. The van der Waals surface area contributed by atoms with Crippen molar-refractivity contribution in [2.75, 3.05) is 26.3 Å². The van der Waals surface area contributed by atoms with Gasteiger partial charge in [0.1, 0.15) is 0 Å². The SMILES string of the molecule is Cc1ccc(-c2nc(-c3ccc4c(c3)ncn4CCC(=O)N3CCOCC3)no2)cc1. The van der Waals surface area contributed by atoms with E-state index in [1.165, 1.54) is 5.56 Å². The normalized spacial score (nSPS) is 14.3. The van der Waals surface area contributed by atoms with Crippen LogP contribution in [-0.2, 0) is 16.1 Å². The van der Waals surface area contributed by atoms with Crippen molar-refractivity contribution in [3.8, 4) is 22.8 Å². The molecule has 1 aliphatic rings. The first-order valence-corrected chi connectivity index (χ1v) is 10.4. The van der Waals surface area contributed by atoms with Crippen molar-refractivity contribution in [2.24, 2.45) is 0 Å². The summed E-state index contributed by atoms with van der Waals surface area (Å²) in [7, 11) is 0. The van der Waals surface area contributed by atoms with Gasteiger partial charge in [0.2, 0.25) is 11.7 Å². The van der Waals surface area contributed by atoms with E-state index in [9.17, 15) is 4.79 Å². The first-order valence-electron chi connectivity index (χ1n) is 10.4. The highest BCUT2D eigenvalue weighted by atomic mass is 16.5. The van der Waals surface area contributed by atoms with Gasteiger partial charge < -0.3 is 18.7 Å². The van der Waals surface area contributed by atoms with Gasteiger partial charge in [-0.1, -0.05) is 22.9 Å². The van der Waals surface area contributed by atoms with Crippen molar-refractivity contribution < 1.29 is 14.1 Å². The molecule has 31 heavy (non-hydrogen) atoms. The van der Waals surface area contributed by atoms with Gasteiger partial charge in [-0.2, -0.15) is 4.98 Å². The average Bonchev–Trinajstić information content (AvgIpc) is 3.46. The number of hydrogen-bond donors (Lipinski definition) is 0. The molecule has 1 saturated heterocycles. The number of imidazole rings is 1. The quantitative estimate of drug-likeness (QED) is 0.495. The molecule has 1 fully saturated rings. The number of ether oxygens (including phenoxy) is 1. The number of rotatable bonds is 5. The van der Waals surface area contributed by atoms with E-state index in [0.717, 1.165) is 22.2 Å². The molecule has 0 unspecified atom stereocenters. The molecular formula is C23H23N5O3. The molecule has 1 aliphatic heterocycles. The van der Waals surface area contributed by atoms with Crippen LogP contribution < -0.4 is 0 Å². The largest absolute Gasteiger partial charge is 0.378 e. The fourth-order valence-corrected chi connectivity index (χ4v) is 3.72. The van der Waals surface area contributed by atoms with Gasteiger partial charge in [-0.05, 0) is 37.3 Å². The number of amides is 1. The summed E-state index contributed by atoms with van der Waals surface area (Å²) in [6.07, 6.45) is 2.22. The Kier molecular flexibility index (Phi) is 5.21. The zero-order chi connectivity index (χ0) is 21.2. The highest BCUT2D eigenvalue weighted by Gasteiger charge is 2.17. The number of carbonyl (C=O) groups excluding carboxylic acids is 1. The molecule has 2 aromatic heterocycles. The molecule has 0 radical (unpaired) electrons. The Balaban J connectivity index is 1.31. The molecule has 8 heteroatoms. The molecule has 0 bridgehead atoms. The van der Waals surface area contributed by atoms with E-state index in [2.05, 4.69) is 15.1 Å². The zero-order valence-electron chi connectivity index (χ0n) is 17.3. The third kappa shape index (κ3) is 4.06. The maximum atomic E-state index is 12.4. The van der Waals surface area contributed by atoms with Gasteiger partial charge in [0, 0.05) is 37.2 Å². The van der Waals surface area contributed by atoms with Crippen molar-refractivity contribution in [1.29, 1.82) is 0 Å². The maximum Gasteiger partial charge on any atom is 0.258 e. The predicted octanol–water partition coefficient (Wildman–Crippen LogP) is 3.31. The molecule has 0 saturated carbocycles. The minimum Gasteiger partial charge on any atom is -0.378 e. The average molecular weight is 417 g/mol. The summed E-state index contributed by atoms with van der Waals surface area (Å²) in [5, 5.41) is 4.13. The number of fused-ring (bicyclic) bond motifs is 1. The third-order valence-electron chi connectivity index (χ3n) is 5.53. The highest BCUT2D eigenvalue weighted by Crippen LogP contribution is 2.25. The summed E-state index contributed by atoms with van der Waals surface area (Å²) in [6.45, 7) is 5.19. The van der Waals surface area contributed by atoms with Crippen LogP contribution in [0.2, 0.25) is 0 Å². The van der Waals surface area contributed by atoms with E-state index in [4.69, 9.17) is 9.26 Å². The second-order valence-electron chi connectivity index (χ2n) is 7.67. The van der Waals surface area contributed by atoms with Gasteiger partial charge in [0.15, 0.2) is 0 Å². The Morgan fingerprint density at radius 1 is 1.06 bits per heavy atom. The van der Waals surface area contributed by atoms with Crippen molar-refractivity contribution in [3.63, 3.8) is 0 Å². The highest BCUT2D eigenvalue weighted by molar-refractivity contribution is 5.81. The van der Waals surface area contributed by atoms with Crippen molar-refractivity contribution >= 4 is 16.9 Å². The third-order valence-corrected chi connectivity index (χ3v) is 5.53. The molecule has 0 atom stereocenters. The first kappa shape index (κ1) is 19.4. The summed E-state index contributed by atoms with van der Waals surface area (Å²) >= 11 is 0. The minimum absolute atomic E-state index is 0.150. The molecule has 0 spiro atoms. The lowest BCUT2D eigenvalue weighted by Gasteiger charge is -2.26. The van der Waals surface area contributed by atoms with E-state index in [-0.39, 0.29) is 5.91 Å². The maximum absolute atomic E-state index is 12.4. The standard InChI is InChI=1S/C23H23N5O3/c1-16-2-4-17(5-3-16)23-25-22(26-31-23)18-6-7-20-19(14-18)24-15-28(20)9-8-21(29)27-10-12-30-13-11-27/h2-7,14-15H,8-13H2,1H3. The van der Waals surface area contributed by atoms with E-state index in [0.29, 0.717) is 51.0 Å². The lowest BCUT2D eigenvalue weighted by atomic mass is 10.1. The molecule has 0 N–H and O–H groups in total. The van der Waals surface area contributed by atoms with Gasteiger partial charge in [0.25, 0.3) is 5.89 Å². The van der Waals surface area contributed by atoms with Crippen LogP contribution in [-0.4, -0.2) is 56.8 Å². The number of aromatic nitrogens is 4. The van der Waals surface area contributed by atoms with Crippen LogP contribution in [0.15, 0.2) is 53.3 Å². The smallest absolute Gasteiger partial charge is 0.258 e. The van der Waals surface area contributed by atoms with Crippen LogP contribution in [0.1, 0.15) is 12.0 Å². The van der Waals surface area contributed by atoms with E-state index in [1.807, 2.05) is 58.9 Å². The predicted molar refractivity (Wildman–Crippen MR) is 115 cm³/mol. The first-order chi connectivity index (χ1) is 15.2. The van der Waals surface area contributed by atoms with Gasteiger partial charge in [-0.3, -0.25) is 4.79 Å². The Bertz CT molecular complexity index is 1210. The lowest BCUT2D eigenvalue weighted by molar-refractivity contribution is -0.135. The summed E-state index contributed by atoms with van der Waals surface area (Å²) in [4.78, 5) is 23.3. The molecule has 0 aliphatic carbocycles. The van der Waals surface area contributed by atoms with Crippen LogP contribution in [0.25, 0.3) is 33.9 Å². The number of benzene rings is 2. The Labute approximate surface area is 179 Å². The zero-order valence-corrected chi connectivity index (χ0v) is 17.3. The van der Waals surface area contributed by atoms with E-state index < -0.39 is 0 Å². The number of carbonyl (C=O) groups is 1. The molecule has 5 rings (SSSR count). The molecular weight excluding hydrogens is 394 g/mol. The molecule has 1 amide bonds. The van der Waals surface area contributed by atoms with Crippen LogP contribution >= 0.6 is 0 Å². The Hall–Kier alpha value is -3.52. The lowest BCUT2D eigenvalue weighted by Crippen LogP contribution is -2.40. The summed E-state index contributed by atoms with van der Waals surface area (Å²) in [5.74, 6) is 1.16. The van der Waals surface area contributed by atoms with Crippen LogP contribution in [0.5, 0.6) is 0 Å². The molecule has 8 nitrogen and oxygen atoms in total. The summed E-state index contributed by atoms with van der Waals surface area (Å²) in [6, 6.07) is 13.8. The molecule has 158 valence electrons. The van der Waals surface area contributed by atoms with Crippen LogP contribution in [0.4, 0.5) is 0 Å².